The van der Waals surface area contributed by atoms with E-state index in [0.717, 1.165) is 115 Å². The minimum absolute atomic E-state index is 0.00368. The molecule has 0 aromatic rings. The Morgan fingerprint density at radius 1 is 0.297 bits per heavy atom. The highest BCUT2D eigenvalue weighted by Gasteiger charge is 2.33. The fourth-order valence-electron chi connectivity index (χ4n) is 20.9. The molecule has 10 atom stereocenters. The summed E-state index contributed by atoms with van der Waals surface area (Å²) in [5, 5.41) is 17.7. The highest BCUT2D eigenvalue weighted by Crippen LogP contribution is 2.47. The second-order valence-electron chi connectivity index (χ2n) is 44.2. The van der Waals surface area contributed by atoms with Crippen molar-refractivity contribution in [2.75, 3.05) is 39.3 Å². The van der Waals surface area contributed by atoms with Crippen LogP contribution in [0.3, 0.4) is 0 Å². The average Bonchev–Trinajstić information content (AvgIpc) is 0.834. The molecule has 0 bridgehead atoms. The van der Waals surface area contributed by atoms with Crippen LogP contribution in [0.1, 0.15) is 501 Å². The van der Waals surface area contributed by atoms with Gasteiger partial charge in [-0.2, -0.15) is 0 Å². The predicted octanol–water partition coefficient (Wildman–Crippen LogP) is 30.0. The van der Waals surface area contributed by atoms with Gasteiger partial charge in [-0.05, 0) is 284 Å². The molecule has 0 fully saturated rings. The van der Waals surface area contributed by atoms with Gasteiger partial charge in [-0.1, -0.05) is 279 Å². The van der Waals surface area contributed by atoms with Gasteiger partial charge in [0.2, 0.25) is 35.4 Å². The van der Waals surface area contributed by atoms with Gasteiger partial charge in [0.25, 0.3) is 0 Å². The number of amides is 6. The third-order valence-corrected chi connectivity index (χ3v) is 29.3. The third kappa shape index (κ3) is 57.4. The summed E-state index contributed by atoms with van der Waals surface area (Å²) in [6.07, 6.45) is 53.2. The Labute approximate surface area is 791 Å². The molecule has 128 heavy (non-hydrogen) atoms. The van der Waals surface area contributed by atoms with Crippen LogP contribution in [0, 0.1) is 80.8 Å². The first kappa shape index (κ1) is 123. The molecule has 4 aliphatic carbocycles. The van der Waals surface area contributed by atoms with Crippen LogP contribution < -0.4 is 31.9 Å². The van der Waals surface area contributed by atoms with E-state index in [-0.39, 0.29) is 58.8 Å². The minimum Gasteiger partial charge on any atom is -0.357 e. The van der Waals surface area contributed by atoms with Crippen molar-refractivity contribution in [3.8, 4) is 0 Å². The van der Waals surface area contributed by atoms with E-state index in [1.807, 2.05) is 20.8 Å². The Morgan fingerprint density at radius 2 is 0.562 bits per heavy atom. The maximum Gasteiger partial charge on any atom is 0.223 e. The second kappa shape index (κ2) is 70.5. The maximum atomic E-state index is 13.2. The van der Waals surface area contributed by atoms with Crippen LogP contribution in [0.4, 0.5) is 0 Å². The van der Waals surface area contributed by atoms with Crippen LogP contribution in [0.15, 0.2) is 57.7 Å². The van der Waals surface area contributed by atoms with Gasteiger partial charge >= 0.3 is 0 Å². The number of hydrogen-bond donors (Lipinski definition) is 6. The summed E-state index contributed by atoms with van der Waals surface area (Å²) in [6, 6.07) is 0. The third-order valence-electron chi connectivity index (χ3n) is 29.3. The summed E-state index contributed by atoms with van der Waals surface area (Å²) in [6.45, 7) is 68.9. The molecule has 14 heteroatoms. The number of carbonyl (C=O) groups is 8. The number of carbonyl (C=O) groups excluding carboxylic acids is 8. The lowest BCUT2D eigenvalue weighted by molar-refractivity contribution is -0.130. The summed E-state index contributed by atoms with van der Waals surface area (Å²) in [5.41, 5.74) is 14.9. The van der Waals surface area contributed by atoms with E-state index in [2.05, 4.69) is 197 Å². The summed E-state index contributed by atoms with van der Waals surface area (Å²) in [7, 11) is 0. The van der Waals surface area contributed by atoms with Crippen LogP contribution >= 0.6 is 0 Å². The smallest absolute Gasteiger partial charge is 0.223 e. The van der Waals surface area contributed by atoms with Gasteiger partial charge in [0.15, 0.2) is 0 Å². The molecular formula is C114H210N6O8. The van der Waals surface area contributed by atoms with Gasteiger partial charge in [0, 0.05) is 103 Å². The lowest BCUT2D eigenvalue weighted by Gasteiger charge is -2.35. The van der Waals surface area contributed by atoms with E-state index in [0.29, 0.717) is 141 Å². The lowest BCUT2D eigenvalue weighted by Crippen LogP contribution is -2.33. The number of ketones is 2. The Balaban J connectivity index is 0.00000211. The normalized spacial score (nSPS) is 18.1. The van der Waals surface area contributed by atoms with E-state index in [4.69, 9.17) is 0 Å². The molecule has 14 nitrogen and oxygen atoms in total. The zero-order chi connectivity index (χ0) is 96.9. The van der Waals surface area contributed by atoms with E-state index in [1.54, 1.807) is 44.6 Å². The summed E-state index contributed by atoms with van der Waals surface area (Å²) in [4.78, 5) is 98.6. The Kier molecular flexibility index (Phi) is 67.7. The Hall–Kier alpha value is -5.14. The van der Waals surface area contributed by atoms with Gasteiger partial charge < -0.3 is 31.9 Å². The molecule has 0 aromatic heterocycles. The Bertz CT molecular complexity index is 3220. The number of hydrogen-bond acceptors (Lipinski definition) is 8. The molecule has 0 radical (unpaired) electrons. The molecule has 6 N–H and O–H groups in total. The van der Waals surface area contributed by atoms with Crippen LogP contribution in [0.25, 0.3) is 0 Å². The average molecular weight is 1790 g/mol. The highest BCUT2D eigenvalue weighted by atomic mass is 16.2. The van der Waals surface area contributed by atoms with Crippen molar-refractivity contribution in [2.24, 2.45) is 80.8 Å². The number of unbranched alkanes of at least 4 members (excludes halogenated alkanes) is 4. The lowest BCUT2D eigenvalue weighted by atomic mass is 9.70. The van der Waals surface area contributed by atoms with E-state index in [1.165, 1.54) is 180 Å². The molecule has 0 heterocycles. The molecule has 0 aliphatic heterocycles. The van der Waals surface area contributed by atoms with E-state index in [9.17, 15) is 38.4 Å². The zero-order valence-corrected chi connectivity index (χ0v) is 89.1. The standard InChI is InChI=1S/C51H92N2O3.C49H88N2O3.C8H17NO.C4H9NO.C2H4/c1-12-13-33-53-49(56)44(37-45(54)35-40(4)22-16-20-38(2)27-29-46-42(6)24-18-31-50(46,8)9)26-14-15-34-52-48(55)36-41(5)23-17-21-39(3)28-30-47-43(7)25-19-32-51(47,10)11;1-12-50-47(54)42(35-43(52)33-38(4)21-15-19-36(2)26-28-44-40(6)23-17-30-48(44,8)9)25-13-14-32-51-46(53)34-39(5)22-16-20-37(3)27-29-45-41(7)24-18-31-49(45,10)11;1-3-5-7-9-8(10)6-4-2;1-3-5-4(2)6;1-2/h38-41,44H,12-37H2,1-11H3,(H,52,55)(H,53,56);36-39,42H,12-35H2,1-11H3,(H,50,54)(H,51,53);3-7H2,1-2H3,(H,9,10);3H2,1-2H3,(H,5,6);1-2H2. The molecule has 0 saturated heterocycles. The summed E-state index contributed by atoms with van der Waals surface area (Å²) in [5.74, 6) is 4.74. The second-order valence-corrected chi connectivity index (χ2v) is 44.2. The van der Waals surface area contributed by atoms with Gasteiger partial charge in [0.1, 0.15) is 11.6 Å². The zero-order valence-electron chi connectivity index (χ0n) is 89.1. The first-order valence-electron chi connectivity index (χ1n) is 53.4. The molecule has 10 unspecified atom stereocenters. The molecule has 0 saturated carbocycles. The molecule has 4 aliphatic rings. The van der Waals surface area contributed by atoms with Crippen LogP contribution in [-0.2, 0) is 38.4 Å². The fraction of sp³-hybridized carbons (Fsp3) is 0.842. The van der Waals surface area contributed by atoms with Crippen molar-refractivity contribution in [1.29, 1.82) is 0 Å². The van der Waals surface area contributed by atoms with Crippen LogP contribution in [-0.4, -0.2) is 86.3 Å². The van der Waals surface area contributed by atoms with E-state index < -0.39 is 0 Å². The van der Waals surface area contributed by atoms with Crippen molar-refractivity contribution in [2.45, 2.75) is 501 Å². The van der Waals surface area contributed by atoms with Crippen LogP contribution in [0.5, 0.6) is 0 Å². The number of rotatable bonds is 62. The summed E-state index contributed by atoms with van der Waals surface area (Å²) >= 11 is 0. The van der Waals surface area contributed by atoms with Gasteiger partial charge in [-0.15, -0.1) is 13.2 Å². The quantitative estimate of drug-likeness (QED) is 0.0254. The van der Waals surface area contributed by atoms with Gasteiger partial charge in [-0.25, -0.2) is 0 Å². The molecule has 0 aromatic carbocycles. The molecule has 4 rings (SSSR count). The molecule has 0 spiro atoms. The SMILES string of the molecule is C=C.CCCCNC(=O)C(CCCCNC(=O)CC(C)CCCC(C)CCC1=C(C)CCCC1(C)C)CC(=O)CC(C)CCCC(C)CCC1=C(C)CCCC1(C)C.CCCCNC(=O)CCC.CCNC(=O)C(CCCCNC(=O)CC(C)CCCC(C)CCC1=C(C)CCCC1(C)C)CC(=O)CC(C)CCCC(C)CCC1=C(C)CCCC1(C)C.CCNC(C)=O. The van der Waals surface area contributed by atoms with Crippen molar-refractivity contribution in [3.05, 3.63) is 57.7 Å². The van der Waals surface area contributed by atoms with Gasteiger partial charge in [0.05, 0.1) is 0 Å². The monoisotopic (exact) mass is 1790 g/mol. The first-order valence-corrected chi connectivity index (χ1v) is 53.4. The molecular weight excluding hydrogens is 1580 g/mol. The molecule has 744 valence electrons. The minimum atomic E-state index is -0.278. The van der Waals surface area contributed by atoms with Crippen molar-refractivity contribution < 1.29 is 38.4 Å². The van der Waals surface area contributed by atoms with Crippen molar-refractivity contribution >= 4 is 47.0 Å². The van der Waals surface area contributed by atoms with E-state index >= 15 is 0 Å². The highest BCUT2D eigenvalue weighted by molar-refractivity contribution is 5.87. The number of allylic oxidation sites excluding steroid dienone is 8. The number of Topliss-reactive ketones (excluding diaryl/α,β-unsaturated/α-hetero) is 2. The topological polar surface area (TPSA) is 209 Å². The largest absolute Gasteiger partial charge is 0.357 e. The maximum absolute atomic E-state index is 13.2. The molecule has 6 amide bonds. The predicted molar refractivity (Wildman–Crippen MR) is 550 cm³/mol. The first-order chi connectivity index (χ1) is 60.5. The Morgan fingerprint density at radius 3 is 0.828 bits per heavy atom. The number of nitrogens with one attached hydrogen (secondary N) is 6. The van der Waals surface area contributed by atoms with Crippen molar-refractivity contribution in [1.82, 2.24) is 31.9 Å². The fourth-order valence-corrected chi connectivity index (χ4v) is 20.9. The van der Waals surface area contributed by atoms with Crippen LogP contribution in [0.2, 0.25) is 0 Å². The van der Waals surface area contributed by atoms with Gasteiger partial charge in [-0.3, -0.25) is 38.4 Å². The van der Waals surface area contributed by atoms with Crippen molar-refractivity contribution in [3.63, 3.8) is 0 Å². The summed E-state index contributed by atoms with van der Waals surface area (Å²) < 4.78 is 0.